The van der Waals surface area contributed by atoms with E-state index in [9.17, 15) is 14.7 Å². The molecule has 29 heavy (non-hydrogen) atoms. The fourth-order valence-electron chi connectivity index (χ4n) is 3.74. The number of hydrogen-bond acceptors (Lipinski definition) is 2. The van der Waals surface area contributed by atoms with Gasteiger partial charge in [-0.1, -0.05) is 97.6 Å². The number of carbonyl (C=O) groups is 2. The van der Waals surface area contributed by atoms with Crippen molar-refractivity contribution in [3.8, 4) is 0 Å². The van der Waals surface area contributed by atoms with Gasteiger partial charge >= 0.3 is 11.9 Å². The summed E-state index contributed by atoms with van der Waals surface area (Å²) < 4.78 is 0. The van der Waals surface area contributed by atoms with Gasteiger partial charge in [0.1, 0.15) is 0 Å². The van der Waals surface area contributed by atoms with Crippen molar-refractivity contribution in [2.45, 2.75) is 118 Å². The van der Waals surface area contributed by atoms with Gasteiger partial charge in [-0.25, -0.2) is 0 Å². The van der Waals surface area contributed by atoms with E-state index in [2.05, 4.69) is 33.8 Å². The standard InChI is InChI=1S/C25H46O4/c1-5-6-7-8-9-10-11-14-17-21(22(24(28)29)20-23(26)27)18-15-12-13-16-19-25(2,3)4/h14,17,21-22H,5-13,15-16,18-20H2,1-4H3,(H,26,27)(H,28,29)/b17-14+. The lowest BCUT2D eigenvalue weighted by Crippen LogP contribution is -2.25. The Balaban J connectivity index is 4.50. The number of rotatable bonds is 18. The summed E-state index contributed by atoms with van der Waals surface area (Å²) in [5.41, 5.74) is 0.359. The zero-order valence-corrected chi connectivity index (χ0v) is 19.4. The molecule has 0 aromatic heterocycles. The Labute approximate surface area is 179 Å². The first kappa shape index (κ1) is 27.7. The average molecular weight is 411 g/mol. The largest absolute Gasteiger partial charge is 0.481 e. The topological polar surface area (TPSA) is 74.6 Å². The van der Waals surface area contributed by atoms with Gasteiger partial charge in [-0.3, -0.25) is 9.59 Å². The van der Waals surface area contributed by atoms with Gasteiger partial charge in [-0.05, 0) is 37.0 Å². The first-order chi connectivity index (χ1) is 13.7. The number of aliphatic carboxylic acids is 2. The molecule has 0 aromatic rings. The normalized spacial score (nSPS) is 14.2. The van der Waals surface area contributed by atoms with E-state index in [1.807, 2.05) is 6.08 Å². The van der Waals surface area contributed by atoms with E-state index >= 15 is 0 Å². The summed E-state index contributed by atoms with van der Waals surface area (Å²) in [4.78, 5) is 22.8. The minimum Gasteiger partial charge on any atom is -0.481 e. The molecule has 0 aromatic carbocycles. The van der Waals surface area contributed by atoms with Crippen molar-refractivity contribution in [2.24, 2.45) is 17.3 Å². The summed E-state index contributed by atoms with van der Waals surface area (Å²) in [7, 11) is 0. The fourth-order valence-corrected chi connectivity index (χ4v) is 3.74. The molecule has 0 saturated heterocycles. The van der Waals surface area contributed by atoms with Crippen molar-refractivity contribution in [3.05, 3.63) is 12.2 Å². The molecule has 2 unspecified atom stereocenters. The fraction of sp³-hybridized carbons (Fsp3) is 0.840. The molecule has 4 heteroatoms. The summed E-state index contributed by atoms with van der Waals surface area (Å²) in [6, 6.07) is 0. The van der Waals surface area contributed by atoms with Gasteiger partial charge in [0.15, 0.2) is 0 Å². The van der Waals surface area contributed by atoms with Crippen molar-refractivity contribution in [1.29, 1.82) is 0 Å². The van der Waals surface area contributed by atoms with Crippen molar-refractivity contribution in [1.82, 2.24) is 0 Å². The Kier molecular flexibility index (Phi) is 15.7. The Bertz CT molecular complexity index is 462. The highest BCUT2D eigenvalue weighted by Gasteiger charge is 2.28. The molecule has 2 atom stereocenters. The van der Waals surface area contributed by atoms with Gasteiger partial charge in [0, 0.05) is 0 Å². The third-order valence-corrected chi connectivity index (χ3v) is 5.55. The second-order valence-electron chi connectivity index (χ2n) is 9.70. The SMILES string of the molecule is CCCCCCCC/C=C/C(CCCCCCC(C)(C)C)C(CC(=O)O)C(=O)O. The van der Waals surface area contributed by atoms with Crippen LogP contribution in [0.15, 0.2) is 12.2 Å². The van der Waals surface area contributed by atoms with Crippen molar-refractivity contribution >= 4 is 11.9 Å². The Hall–Kier alpha value is -1.32. The molecule has 0 radical (unpaired) electrons. The van der Waals surface area contributed by atoms with Gasteiger partial charge in [0.05, 0.1) is 12.3 Å². The third kappa shape index (κ3) is 17.3. The van der Waals surface area contributed by atoms with Crippen LogP contribution in [-0.2, 0) is 9.59 Å². The van der Waals surface area contributed by atoms with Gasteiger partial charge in [0.2, 0.25) is 0 Å². The molecule has 2 N–H and O–H groups in total. The summed E-state index contributed by atoms with van der Waals surface area (Å²) >= 11 is 0. The number of unbranched alkanes of at least 4 members (excludes halogenated alkanes) is 9. The van der Waals surface area contributed by atoms with Gasteiger partial charge < -0.3 is 10.2 Å². The zero-order chi connectivity index (χ0) is 22.1. The highest BCUT2D eigenvalue weighted by molar-refractivity contribution is 5.78. The van der Waals surface area contributed by atoms with E-state index in [1.165, 1.54) is 44.9 Å². The average Bonchev–Trinajstić information content (AvgIpc) is 2.62. The van der Waals surface area contributed by atoms with Crippen molar-refractivity contribution < 1.29 is 19.8 Å². The number of carboxylic acid groups (broad SMARTS) is 2. The van der Waals surface area contributed by atoms with E-state index in [1.54, 1.807) is 0 Å². The van der Waals surface area contributed by atoms with Crippen LogP contribution in [0.25, 0.3) is 0 Å². The predicted octanol–water partition coefficient (Wildman–Crippen LogP) is 7.47. The van der Waals surface area contributed by atoms with Crippen LogP contribution in [0.1, 0.15) is 118 Å². The van der Waals surface area contributed by atoms with Crippen LogP contribution in [0.3, 0.4) is 0 Å². The monoisotopic (exact) mass is 410 g/mol. The maximum Gasteiger partial charge on any atom is 0.307 e. The maximum atomic E-state index is 11.7. The van der Waals surface area contributed by atoms with Crippen molar-refractivity contribution in [3.63, 3.8) is 0 Å². The molecule has 0 saturated carbocycles. The molecule has 0 aliphatic rings. The van der Waals surface area contributed by atoms with E-state index < -0.39 is 17.9 Å². The predicted molar refractivity (Wildman–Crippen MR) is 121 cm³/mol. The van der Waals surface area contributed by atoms with Crippen LogP contribution >= 0.6 is 0 Å². The second kappa shape index (κ2) is 16.5. The van der Waals surface area contributed by atoms with Crippen LogP contribution < -0.4 is 0 Å². The van der Waals surface area contributed by atoms with E-state index in [4.69, 9.17) is 5.11 Å². The highest BCUT2D eigenvalue weighted by Crippen LogP contribution is 2.27. The second-order valence-corrected chi connectivity index (χ2v) is 9.70. The minimum absolute atomic E-state index is 0.189. The molecular formula is C25H46O4. The molecule has 4 nitrogen and oxygen atoms in total. The molecule has 0 aliphatic carbocycles. The van der Waals surface area contributed by atoms with E-state index in [0.717, 1.165) is 38.5 Å². The molecule has 0 heterocycles. The van der Waals surface area contributed by atoms with E-state index in [-0.39, 0.29) is 12.3 Å². The molecule has 0 aliphatic heterocycles. The number of hydrogen-bond donors (Lipinski definition) is 2. The lowest BCUT2D eigenvalue weighted by atomic mass is 9.84. The molecule has 0 bridgehead atoms. The smallest absolute Gasteiger partial charge is 0.307 e. The van der Waals surface area contributed by atoms with Crippen molar-refractivity contribution in [2.75, 3.05) is 0 Å². The number of allylic oxidation sites excluding steroid dienone is 2. The van der Waals surface area contributed by atoms with Gasteiger partial charge in [-0.15, -0.1) is 0 Å². The summed E-state index contributed by atoms with van der Waals surface area (Å²) in [5, 5.41) is 18.7. The van der Waals surface area contributed by atoms with Crippen LogP contribution in [0.5, 0.6) is 0 Å². The molecule has 170 valence electrons. The maximum absolute atomic E-state index is 11.7. The Morgan fingerprint density at radius 2 is 1.45 bits per heavy atom. The highest BCUT2D eigenvalue weighted by atomic mass is 16.4. The van der Waals surface area contributed by atoms with E-state index in [0.29, 0.717) is 5.41 Å². The third-order valence-electron chi connectivity index (χ3n) is 5.55. The summed E-state index contributed by atoms with van der Waals surface area (Å²) in [5.74, 6) is -3.04. The van der Waals surface area contributed by atoms with Crippen LogP contribution in [0, 0.1) is 17.3 Å². The Morgan fingerprint density at radius 1 is 0.862 bits per heavy atom. The first-order valence-corrected chi connectivity index (χ1v) is 11.8. The quantitative estimate of drug-likeness (QED) is 0.181. The summed E-state index contributed by atoms with van der Waals surface area (Å²) in [6.07, 6.45) is 18.5. The minimum atomic E-state index is -1.03. The van der Waals surface area contributed by atoms with Crippen LogP contribution in [0.2, 0.25) is 0 Å². The lowest BCUT2D eigenvalue weighted by molar-refractivity contribution is -0.149. The molecule has 0 rings (SSSR count). The molecular weight excluding hydrogens is 364 g/mol. The van der Waals surface area contributed by atoms with Crippen LogP contribution in [-0.4, -0.2) is 22.2 Å². The molecule has 0 fully saturated rings. The number of carboxylic acids is 2. The van der Waals surface area contributed by atoms with Gasteiger partial charge in [-0.2, -0.15) is 0 Å². The van der Waals surface area contributed by atoms with Crippen LogP contribution in [0.4, 0.5) is 0 Å². The van der Waals surface area contributed by atoms with Gasteiger partial charge in [0.25, 0.3) is 0 Å². The molecule has 0 amide bonds. The summed E-state index contributed by atoms with van der Waals surface area (Å²) in [6.45, 7) is 8.96. The first-order valence-electron chi connectivity index (χ1n) is 11.8. The molecule has 0 spiro atoms. The zero-order valence-electron chi connectivity index (χ0n) is 19.4. The Morgan fingerprint density at radius 3 is 2.03 bits per heavy atom. The lowest BCUT2D eigenvalue weighted by Gasteiger charge is -2.20.